The van der Waals surface area contributed by atoms with Crippen LogP contribution in [0, 0.1) is 0 Å². The predicted octanol–water partition coefficient (Wildman–Crippen LogP) is 11.6. The lowest BCUT2D eigenvalue weighted by molar-refractivity contribution is -0.166. The SMILES string of the molecule is CCCCC/C=C\C/C=C\C/C=C\C/C=C\CCCC(=O)O[C@H](COC(C)=O)COC(=O)CCCCCCCCCCCCCCC. The van der Waals surface area contributed by atoms with E-state index in [1.54, 1.807) is 0 Å². The molecule has 0 aromatic heterocycles. The molecule has 47 heavy (non-hydrogen) atoms. The van der Waals surface area contributed by atoms with Crippen molar-refractivity contribution in [3.63, 3.8) is 0 Å². The molecule has 0 radical (unpaired) electrons. The van der Waals surface area contributed by atoms with Crippen LogP contribution in [0.2, 0.25) is 0 Å². The summed E-state index contributed by atoms with van der Waals surface area (Å²) in [4.78, 5) is 35.9. The molecule has 0 N–H and O–H groups in total. The summed E-state index contributed by atoms with van der Waals surface area (Å²) in [6.07, 6.45) is 42.7. The van der Waals surface area contributed by atoms with Crippen molar-refractivity contribution >= 4 is 17.9 Å². The summed E-state index contributed by atoms with van der Waals surface area (Å²) in [6.45, 7) is 5.56. The van der Waals surface area contributed by atoms with E-state index in [0.29, 0.717) is 12.8 Å². The minimum atomic E-state index is -0.793. The first kappa shape index (κ1) is 44.4. The first-order chi connectivity index (χ1) is 23.0. The maximum Gasteiger partial charge on any atom is 0.306 e. The second-order valence-electron chi connectivity index (χ2n) is 12.6. The third kappa shape index (κ3) is 36.1. The lowest BCUT2D eigenvalue weighted by Gasteiger charge is -2.17. The number of carbonyl (C=O) groups excluding carboxylic acids is 3. The lowest BCUT2D eigenvalue weighted by atomic mass is 10.0. The second kappa shape index (κ2) is 36.2. The fourth-order valence-corrected chi connectivity index (χ4v) is 5.04. The Morgan fingerprint density at radius 2 is 0.872 bits per heavy atom. The Bertz CT molecular complexity index is 856. The Kier molecular flexibility index (Phi) is 34.2. The number of hydrogen-bond donors (Lipinski definition) is 0. The molecule has 0 fully saturated rings. The van der Waals surface area contributed by atoms with Gasteiger partial charge in [0.25, 0.3) is 0 Å². The van der Waals surface area contributed by atoms with Crippen LogP contribution in [0.4, 0.5) is 0 Å². The number of hydrogen-bond acceptors (Lipinski definition) is 6. The maximum atomic E-state index is 12.4. The van der Waals surface area contributed by atoms with Crippen LogP contribution in [0.15, 0.2) is 48.6 Å². The van der Waals surface area contributed by atoms with Crippen LogP contribution >= 0.6 is 0 Å². The van der Waals surface area contributed by atoms with Crippen molar-refractivity contribution < 1.29 is 28.6 Å². The number of allylic oxidation sites excluding steroid dienone is 8. The van der Waals surface area contributed by atoms with Gasteiger partial charge < -0.3 is 14.2 Å². The van der Waals surface area contributed by atoms with E-state index in [9.17, 15) is 14.4 Å². The van der Waals surface area contributed by atoms with Gasteiger partial charge in [-0.1, -0.05) is 152 Å². The number of ether oxygens (including phenoxy) is 3. The lowest BCUT2D eigenvalue weighted by Crippen LogP contribution is -2.30. The van der Waals surface area contributed by atoms with Crippen molar-refractivity contribution in [1.82, 2.24) is 0 Å². The van der Waals surface area contributed by atoms with E-state index in [2.05, 4.69) is 62.5 Å². The maximum absolute atomic E-state index is 12.4. The van der Waals surface area contributed by atoms with Crippen LogP contribution in [0.5, 0.6) is 0 Å². The van der Waals surface area contributed by atoms with Crippen LogP contribution in [0.1, 0.15) is 175 Å². The van der Waals surface area contributed by atoms with Gasteiger partial charge in [0.15, 0.2) is 6.10 Å². The monoisotopic (exact) mass is 659 g/mol. The van der Waals surface area contributed by atoms with Gasteiger partial charge >= 0.3 is 17.9 Å². The molecule has 0 aromatic carbocycles. The van der Waals surface area contributed by atoms with Gasteiger partial charge in [-0.25, -0.2) is 0 Å². The largest absolute Gasteiger partial charge is 0.462 e. The van der Waals surface area contributed by atoms with Crippen molar-refractivity contribution in [2.24, 2.45) is 0 Å². The average Bonchev–Trinajstić information content (AvgIpc) is 3.05. The van der Waals surface area contributed by atoms with Gasteiger partial charge in [0, 0.05) is 19.8 Å². The van der Waals surface area contributed by atoms with Crippen LogP contribution in [-0.4, -0.2) is 37.2 Å². The minimum absolute atomic E-state index is 0.104. The van der Waals surface area contributed by atoms with Crippen molar-refractivity contribution in [2.75, 3.05) is 13.2 Å². The Morgan fingerprint density at radius 3 is 1.38 bits per heavy atom. The van der Waals surface area contributed by atoms with Gasteiger partial charge in [-0.05, 0) is 51.4 Å². The molecule has 1 atom stereocenters. The molecular formula is C41H70O6. The topological polar surface area (TPSA) is 78.9 Å². The first-order valence-electron chi connectivity index (χ1n) is 19.1. The molecule has 0 amide bonds. The summed E-state index contributed by atoms with van der Waals surface area (Å²) in [6, 6.07) is 0. The molecule has 0 aliphatic carbocycles. The first-order valence-corrected chi connectivity index (χ1v) is 19.1. The van der Waals surface area contributed by atoms with Crippen LogP contribution in [-0.2, 0) is 28.6 Å². The van der Waals surface area contributed by atoms with Gasteiger partial charge in [-0.15, -0.1) is 0 Å². The normalized spacial score (nSPS) is 12.5. The molecule has 0 aromatic rings. The van der Waals surface area contributed by atoms with Gasteiger partial charge in [0.05, 0.1) is 0 Å². The van der Waals surface area contributed by atoms with Crippen molar-refractivity contribution in [1.29, 1.82) is 0 Å². The van der Waals surface area contributed by atoms with Gasteiger partial charge in [-0.3, -0.25) is 14.4 Å². The Hall–Kier alpha value is -2.63. The van der Waals surface area contributed by atoms with Gasteiger partial charge in [0.2, 0.25) is 0 Å². The summed E-state index contributed by atoms with van der Waals surface area (Å²) in [5.74, 6) is -1.16. The molecule has 0 aliphatic rings. The van der Waals surface area contributed by atoms with Crippen LogP contribution in [0.25, 0.3) is 0 Å². The zero-order chi connectivity index (χ0) is 34.5. The summed E-state index contributed by atoms with van der Waals surface area (Å²) in [5, 5.41) is 0. The smallest absolute Gasteiger partial charge is 0.306 e. The zero-order valence-corrected chi connectivity index (χ0v) is 30.5. The highest BCUT2D eigenvalue weighted by Gasteiger charge is 2.18. The van der Waals surface area contributed by atoms with E-state index < -0.39 is 12.1 Å². The molecule has 0 unspecified atom stereocenters. The van der Waals surface area contributed by atoms with E-state index in [0.717, 1.165) is 44.9 Å². The van der Waals surface area contributed by atoms with E-state index in [-0.39, 0.29) is 31.6 Å². The van der Waals surface area contributed by atoms with Gasteiger partial charge in [-0.2, -0.15) is 0 Å². The standard InChI is InChI=1S/C41H70O6/c1-4-6-8-10-12-14-16-18-19-20-21-23-25-27-29-31-33-35-41(44)47-39(36-45-38(3)42)37-46-40(43)34-32-30-28-26-24-22-17-15-13-11-9-7-5-2/h12,14,18-19,21,23,27,29,39H,4-11,13,15-17,20,22,24-26,28,30-37H2,1-3H3/b14-12-,19-18-,23-21-,29-27-/t39-/m1/s1. The summed E-state index contributed by atoms with van der Waals surface area (Å²) >= 11 is 0. The Morgan fingerprint density at radius 1 is 0.468 bits per heavy atom. The third-order valence-corrected chi connectivity index (χ3v) is 7.89. The molecule has 0 heterocycles. The molecule has 0 rings (SSSR count). The predicted molar refractivity (Wildman–Crippen MR) is 196 cm³/mol. The second-order valence-corrected chi connectivity index (χ2v) is 12.6. The molecule has 6 heteroatoms. The quantitative estimate of drug-likeness (QED) is 0.0302. The highest BCUT2D eigenvalue weighted by Crippen LogP contribution is 2.13. The fraction of sp³-hybridized carbons (Fsp3) is 0.732. The highest BCUT2D eigenvalue weighted by molar-refractivity contribution is 5.70. The van der Waals surface area contributed by atoms with E-state index in [1.807, 2.05) is 0 Å². The Labute approximate surface area is 288 Å². The number of carbonyl (C=O) groups is 3. The average molecular weight is 659 g/mol. The summed E-state index contributed by atoms with van der Waals surface area (Å²) in [7, 11) is 0. The number of rotatable bonds is 33. The number of unbranched alkanes of at least 4 members (excludes halogenated alkanes) is 16. The fourth-order valence-electron chi connectivity index (χ4n) is 5.04. The minimum Gasteiger partial charge on any atom is -0.462 e. The van der Waals surface area contributed by atoms with Crippen molar-refractivity contribution in [3.05, 3.63) is 48.6 Å². The van der Waals surface area contributed by atoms with Crippen molar-refractivity contribution in [2.45, 2.75) is 181 Å². The molecule has 0 bridgehead atoms. The zero-order valence-electron chi connectivity index (χ0n) is 30.5. The molecule has 0 spiro atoms. The van der Waals surface area contributed by atoms with Crippen molar-refractivity contribution in [3.8, 4) is 0 Å². The summed E-state index contributed by atoms with van der Waals surface area (Å²) < 4.78 is 15.8. The highest BCUT2D eigenvalue weighted by atomic mass is 16.6. The van der Waals surface area contributed by atoms with E-state index >= 15 is 0 Å². The van der Waals surface area contributed by atoms with Crippen LogP contribution < -0.4 is 0 Å². The third-order valence-electron chi connectivity index (χ3n) is 7.89. The van der Waals surface area contributed by atoms with Gasteiger partial charge in [0.1, 0.15) is 13.2 Å². The van der Waals surface area contributed by atoms with E-state index in [4.69, 9.17) is 14.2 Å². The number of esters is 3. The Balaban J connectivity index is 3.98. The van der Waals surface area contributed by atoms with Crippen LogP contribution in [0.3, 0.4) is 0 Å². The molecule has 0 aliphatic heterocycles. The molecule has 270 valence electrons. The molecule has 0 saturated heterocycles. The molecule has 0 saturated carbocycles. The summed E-state index contributed by atoms with van der Waals surface area (Å²) in [5.41, 5.74) is 0. The van der Waals surface area contributed by atoms with E-state index in [1.165, 1.54) is 96.8 Å². The molecular weight excluding hydrogens is 588 g/mol. The molecule has 6 nitrogen and oxygen atoms in total.